The molecule has 1 atom stereocenters. The van der Waals surface area contributed by atoms with Crippen LogP contribution in [0.25, 0.3) is 0 Å². The van der Waals surface area contributed by atoms with E-state index in [1.807, 2.05) is 28.9 Å². The number of benzene rings is 1. The van der Waals surface area contributed by atoms with E-state index >= 15 is 0 Å². The molecule has 0 saturated carbocycles. The van der Waals surface area contributed by atoms with Gasteiger partial charge >= 0.3 is 0 Å². The van der Waals surface area contributed by atoms with Crippen LogP contribution in [0.15, 0.2) is 35.5 Å². The second-order valence-corrected chi connectivity index (χ2v) is 6.99. The second kappa shape index (κ2) is 6.38. The van der Waals surface area contributed by atoms with Crippen molar-refractivity contribution in [2.45, 2.75) is 24.8 Å². The number of imidazole rings is 1. The fourth-order valence-electron chi connectivity index (χ4n) is 3.91. The van der Waals surface area contributed by atoms with Crippen molar-refractivity contribution < 1.29 is 14.3 Å². The van der Waals surface area contributed by atoms with Crippen molar-refractivity contribution in [2.24, 2.45) is 4.99 Å². The van der Waals surface area contributed by atoms with Crippen molar-refractivity contribution >= 4 is 11.9 Å². The summed E-state index contributed by atoms with van der Waals surface area (Å²) in [6, 6.07) is 7.72. The molecule has 5 rings (SSSR count). The Morgan fingerprint density at radius 3 is 2.74 bits per heavy atom. The van der Waals surface area contributed by atoms with Gasteiger partial charge in [0.1, 0.15) is 17.3 Å². The van der Waals surface area contributed by atoms with Gasteiger partial charge in [0, 0.05) is 19.1 Å². The maximum Gasteiger partial charge on any atom is 0.280 e. The highest BCUT2D eigenvalue weighted by Crippen LogP contribution is 2.31. The van der Waals surface area contributed by atoms with Crippen LogP contribution in [-0.4, -0.2) is 53.3 Å². The first kappa shape index (κ1) is 16.3. The molecule has 4 heterocycles. The highest BCUT2D eigenvalue weighted by molar-refractivity contribution is 6.11. The van der Waals surface area contributed by atoms with Crippen molar-refractivity contribution in [1.82, 2.24) is 14.6 Å². The molecule has 8 nitrogen and oxygen atoms in total. The smallest absolute Gasteiger partial charge is 0.280 e. The Hall–Kier alpha value is -2.87. The van der Waals surface area contributed by atoms with E-state index in [2.05, 4.69) is 10.4 Å². The van der Waals surface area contributed by atoms with Gasteiger partial charge in [-0.2, -0.15) is 0 Å². The summed E-state index contributed by atoms with van der Waals surface area (Å²) in [7, 11) is 1.64. The average Bonchev–Trinajstić information content (AvgIpc) is 3.34. The third-order valence-electron chi connectivity index (χ3n) is 5.44. The Morgan fingerprint density at radius 2 is 2.00 bits per heavy atom. The molecule has 0 radical (unpaired) electrons. The van der Waals surface area contributed by atoms with Gasteiger partial charge in [0.05, 0.1) is 25.9 Å². The summed E-state index contributed by atoms with van der Waals surface area (Å²) in [4.78, 5) is 23.9. The minimum atomic E-state index is -0.0912. The highest BCUT2D eigenvalue weighted by Gasteiger charge is 2.39. The zero-order chi connectivity index (χ0) is 18.4. The summed E-state index contributed by atoms with van der Waals surface area (Å²) in [5, 5.41) is 0. The van der Waals surface area contributed by atoms with Gasteiger partial charge in [-0.05, 0) is 30.5 Å². The second-order valence-electron chi connectivity index (χ2n) is 6.99. The van der Waals surface area contributed by atoms with Crippen LogP contribution in [0.2, 0.25) is 0 Å². The molecule has 1 saturated heterocycles. The van der Waals surface area contributed by atoms with E-state index in [9.17, 15) is 4.79 Å². The molecule has 27 heavy (non-hydrogen) atoms. The van der Waals surface area contributed by atoms with E-state index in [0.717, 1.165) is 43.2 Å². The average molecular weight is 367 g/mol. The number of aliphatic imine (C=N–C) groups is 1. The lowest BCUT2D eigenvalue weighted by atomic mass is 10.00. The van der Waals surface area contributed by atoms with Gasteiger partial charge in [0.25, 0.3) is 5.91 Å². The van der Waals surface area contributed by atoms with Gasteiger partial charge in [-0.15, -0.1) is 0 Å². The van der Waals surface area contributed by atoms with Gasteiger partial charge in [-0.1, -0.05) is 12.1 Å². The van der Waals surface area contributed by atoms with E-state index in [0.29, 0.717) is 24.1 Å². The normalized spacial score (nSPS) is 22.1. The molecule has 3 aliphatic rings. The number of rotatable bonds is 3. The van der Waals surface area contributed by atoms with Crippen molar-refractivity contribution in [3.8, 4) is 5.75 Å². The Balaban J connectivity index is 1.43. The molecule has 0 bridgehead atoms. The number of guanidine groups is 1. The summed E-state index contributed by atoms with van der Waals surface area (Å²) in [5.41, 5.74) is 4.92. The lowest BCUT2D eigenvalue weighted by Gasteiger charge is -2.29. The van der Waals surface area contributed by atoms with Crippen LogP contribution in [0.5, 0.6) is 5.75 Å². The fraction of sp³-hybridized carbons (Fsp3) is 0.421. The Bertz CT molecular complexity index is 899. The third kappa shape index (κ3) is 2.68. The topological polar surface area (TPSA) is 81.0 Å². The Kier molecular flexibility index (Phi) is 3.86. The van der Waals surface area contributed by atoms with Crippen LogP contribution in [0.4, 0.5) is 0 Å². The van der Waals surface area contributed by atoms with Crippen molar-refractivity contribution in [2.75, 3.05) is 32.3 Å². The first-order chi connectivity index (χ1) is 13.2. The largest absolute Gasteiger partial charge is 0.497 e. The standard InChI is InChI=1S/C19H21N5O3/c1-26-14-4-2-12(3-5-14)15-11-23-18(25)16-10-20-17(13-6-8-27-9-7-13)24(16)22-19(23)21-15/h2-5,10,13,15H,6-9,11H2,1H3,(H,21,22). The number of amides is 1. The fourth-order valence-corrected chi connectivity index (χ4v) is 3.91. The summed E-state index contributed by atoms with van der Waals surface area (Å²) < 4.78 is 12.5. The first-order valence-electron chi connectivity index (χ1n) is 9.20. The summed E-state index contributed by atoms with van der Waals surface area (Å²) in [6.45, 7) is 1.98. The molecule has 1 fully saturated rings. The molecule has 0 aliphatic carbocycles. The molecule has 3 aliphatic heterocycles. The van der Waals surface area contributed by atoms with E-state index in [4.69, 9.17) is 14.5 Å². The van der Waals surface area contributed by atoms with Crippen LogP contribution >= 0.6 is 0 Å². The number of nitrogens with zero attached hydrogens (tertiary/aromatic N) is 4. The zero-order valence-electron chi connectivity index (χ0n) is 15.1. The molecular weight excluding hydrogens is 346 g/mol. The molecule has 8 heteroatoms. The Labute approximate surface area is 156 Å². The van der Waals surface area contributed by atoms with Gasteiger partial charge in [-0.3, -0.25) is 15.1 Å². The number of ether oxygens (including phenoxy) is 2. The van der Waals surface area contributed by atoms with E-state index in [1.54, 1.807) is 18.2 Å². The predicted octanol–water partition coefficient (Wildman–Crippen LogP) is 1.90. The number of hydrogen-bond donors (Lipinski definition) is 1. The molecule has 0 spiro atoms. The third-order valence-corrected chi connectivity index (χ3v) is 5.44. The predicted molar refractivity (Wildman–Crippen MR) is 98.6 cm³/mol. The van der Waals surface area contributed by atoms with Crippen LogP contribution in [0.1, 0.15) is 46.7 Å². The monoisotopic (exact) mass is 367 g/mol. The van der Waals surface area contributed by atoms with Crippen LogP contribution in [0, 0.1) is 0 Å². The van der Waals surface area contributed by atoms with Gasteiger partial charge in [-0.25, -0.2) is 14.7 Å². The van der Waals surface area contributed by atoms with Crippen molar-refractivity contribution in [1.29, 1.82) is 0 Å². The van der Waals surface area contributed by atoms with Gasteiger partial charge < -0.3 is 9.47 Å². The van der Waals surface area contributed by atoms with Crippen molar-refractivity contribution in [3.63, 3.8) is 0 Å². The molecule has 1 aromatic carbocycles. The van der Waals surface area contributed by atoms with Crippen LogP contribution in [-0.2, 0) is 4.74 Å². The SMILES string of the molecule is COc1ccc(C2CN3C(=O)c4cnc(C5CCOCC5)n4NC3=N2)cc1. The minimum absolute atomic E-state index is 0.0608. The molecule has 1 amide bonds. The van der Waals surface area contributed by atoms with Crippen LogP contribution < -0.4 is 10.2 Å². The summed E-state index contributed by atoms with van der Waals surface area (Å²) >= 11 is 0. The lowest BCUT2D eigenvalue weighted by molar-refractivity contribution is 0.0812. The van der Waals surface area contributed by atoms with E-state index in [-0.39, 0.29) is 11.9 Å². The molecule has 1 unspecified atom stereocenters. The molecule has 1 N–H and O–H groups in total. The zero-order valence-corrected chi connectivity index (χ0v) is 15.1. The number of hydrogen-bond acceptors (Lipinski definition) is 6. The maximum atomic E-state index is 13.0. The Morgan fingerprint density at radius 1 is 1.22 bits per heavy atom. The molecule has 2 aromatic rings. The van der Waals surface area contributed by atoms with Gasteiger partial charge in [0.15, 0.2) is 0 Å². The molecule has 140 valence electrons. The van der Waals surface area contributed by atoms with Crippen LogP contribution in [0.3, 0.4) is 0 Å². The number of methoxy groups -OCH3 is 1. The number of nitrogens with one attached hydrogen (secondary N) is 1. The minimum Gasteiger partial charge on any atom is -0.497 e. The van der Waals surface area contributed by atoms with E-state index in [1.165, 1.54) is 0 Å². The number of carbonyl (C=O) groups is 1. The number of carbonyl (C=O) groups excluding carboxylic acids is 1. The first-order valence-corrected chi connectivity index (χ1v) is 9.20. The molecule has 1 aromatic heterocycles. The van der Waals surface area contributed by atoms with Crippen molar-refractivity contribution in [3.05, 3.63) is 47.5 Å². The quantitative estimate of drug-likeness (QED) is 0.896. The number of fused-ring (bicyclic) bond motifs is 2. The summed E-state index contributed by atoms with van der Waals surface area (Å²) in [5.74, 6) is 2.50. The summed E-state index contributed by atoms with van der Waals surface area (Å²) in [6.07, 6.45) is 3.49. The molecular formula is C19H21N5O3. The lowest BCUT2D eigenvalue weighted by Crippen LogP contribution is -2.48. The highest BCUT2D eigenvalue weighted by atomic mass is 16.5. The number of aromatic nitrogens is 2. The van der Waals surface area contributed by atoms with E-state index < -0.39 is 0 Å². The maximum absolute atomic E-state index is 13.0. The van der Waals surface area contributed by atoms with Gasteiger partial charge in [0.2, 0.25) is 5.96 Å².